The summed E-state index contributed by atoms with van der Waals surface area (Å²) in [6.45, 7) is 7.96. The highest BCUT2D eigenvalue weighted by atomic mass is 16.2. The van der Waals surface area contributed by atoms with Gasteiger partial charge in [-0.25, -0.2) is 0 Å². The predicted octanol–water partition coefficient (Wildman–Crippen LogP) is 2.50. The highest BCUT2D eigenvalue weighted by Gasteiger charge is 2.16. The number of carbonyl (C=O) groups excluding carboxylic acids is 1. The van der Waals surface area contributed by atoms with Crippen LogP contribution in [0.5, 0.6) is 0 Å². The number of aliphatic hydroxyl groups excluding tert-OH is 1. The fraction of sp³-hybridized carbons (Fsp3) is 0.471. The Hall–Kier alpha value is -1.79. The number of carbonyl (C=O) groups is 1. The topological polar surface area (TPSA) is 49.3 Å². The molecule has 0 aliphatic carbocycles. The number of aliphatic hydroxyl groups is 1. The van der Waals surface area contributed by atoms with E-state index in [1.54, 1.807) is 6.07 Å². The molecule has 3 heteroatoms. The maximum absolute atomic E-state index is 12.3. The first-order chi connectivity index (χ1) is 9.51. The van der Waals surface area contributed by atoms with Crippen molar-refractivity contribution in [1.82, 2.24) is 5.32 Å². The Morgan fingerprint density at radius 3 is 2.70 bits per heavy atom. The van der Waals surface area contributed by atoms with Gasteiger partial charge in [0.2, 0.25) is 0 Å². The van der Waals surface area contributed by atoms with Crippen molar-refractivity contribution in [2.75, 3.05) is 6.61 Å². The maximum atomic E-state index is 12.3. The second kappa shape index (κ2) is 7.72. The molecule has 0 saturated carbocycles. The monoisotopic (exact) mass is 273 g/mol. The number of amides is 1. The molecule has 0 radical (unpaired) electrons. The van der Waals surface area contributed by atoms with Crippen molar-refractivity contribution in [1.29, 1.82) is 0 Å². The molecule has 0 aliphatic rings. The quantitative estimate of drug-likeness (QED) is 0.828. The summed E-state index contributed by atoms with van der Waals surface area (Å²) in [5.74, 6) is 5.85. The van der Waals surface area contributed by atoms with Crippen molar-refractivity contribution >= 4 is 5.91 Å². The minimum Gasteiger partial charge on any atom is -0.384 e. The molecule has 1 aromatic rings. The van der Waals surface area contributed by atoms with E-state index in [9.17, 15) is 4.79 Å². The van der Waals surface area contributed by atoms with Crippen LogP contribution < -0.4 is 5.32 Å². The zero-order valence-corrected chi connectivity index (χ0v) is 12.7. The molecule has 3 nitrogen and oxygen atoms in total. The second-order valence-corrected chi connectivity index (χ2v) is 5.09. The van der Waals surface area contributed by atoms with E-state index in [2.05, 4.69) is 31.0 Å². The van der Waals surface area contributed by atoms with Crippen LogP contribution in [0.2, 0.25) is 0 Å². The molecule has 1 rings (SSSR count). The van der Waals surface area contributed by atoms with Crippen molar-refractivity contribution in [2.24, 2.45) is 5.92 Å². The van der Waals surface area contributed by atoms with Gasteiger partial charge in [-0.05, 0) is 37.5 Å². The van der Waals surface area contributed by atoms with Gasteiger partial charge in [-0.1, -0.05) is 38.2 Å². The summed E-state index contributed by atoms with van der Waals surface area (Å²) in [4.78, 5) is 12.3. The zero-order chi connectivity index (χ0) is 15.1. The van der Waals surface area contributed by atoms with Crippen molar-refractivity contribution in [2.45, 2.75) is 40.2 Å². The van der Waals surface area contributed by atoms with Gasteiger partial charge in [0.1, 0.15) is 6.61 Å². The average molecular weight is 273 g/mol. The van der Waals surface area contributed by atoms with Gasteiger partial charge in [0.05, 0.1) is 0 Å². The molecular formula is C17H23NO2. The minimum atomic E-state index is -0.180. The Bertz CT molecular complexity index is 526. The SMILES string of the molecule is CCC(C)C(C)NC(=O)c1cccc(C#CCO)c1C. The van der Waals surface area contributed by atoms with E-state index in [1.807, 2.05) is 26.0 Å². The van der Waals surface area contributed by atoms with E-state index in [0.717, 1.165) is 17.5 Å². The Balaban J connectivity index is 2.94. The summed E-state index contributed by atoms with van der Waals surface area (Å²) < 4.78 is 0. The highest BCUT2D eigenvalue weighted by Crippen LogP contribution is 2.14. The van der Waals surface area contributed by atoms with Gasteiger partial charge in [-0.2, -0.15) is 0 Å². The van der Waals surface area contributed by atoms with Gasteiger partial charge in [-0.15, -0.1) is 0 Å². The van der Waals surface area contributed by atoms with Crippen LogP contribution in [0, 0.1) is 24.7 Å². The molecular weight excluding hydrogens is 250 g/mol. The van der Waals surface area contributed by atoms with E-state index in [4.69, 9.17) is 5.11 Å². The second-order valence-electron chi connectivity index (χ2n) is 5.09. The summed E-state index contributed by atoms with van der Waals surface area (Å²) in [5, 5.41) is 11.8. The highest BCUT2D eigenvalue weighted by molar-refractivity contribution is 5.96. The fourth-order valence-electron chi connectivity index (χ4n) is 1.93. The van der Waals surface area contributed by atoms with Gasteiger partial charge in [-0.3, -0.25) is 4.79 Å². The summed E-state index contributed by atoms with van der Waals surface area (Å²) in [7, 11) is 0. The van der Waals surface area contributed by atoms with Gasteiger partial charge in [0.15, 0.2) is 0 Å². The first-order valence-electron chi connectivity index (χ1n) is 7.01. The molecule has 0 fully saturated rings. The minimum absolute atomic E-state index is 0.0667. The molecule has 108 valence electrons. The van der Waals surface area contributed by atoms with E-state index < -0.39 is 0 Å². The average Bonchev–Trinajstić information content (AvgIpc) is 2.45. The predicted molar refractivity (Wildman–Crippen MR) is 81.5 cm³/mol. The molecule has 1 aromatic carbocycles. The van der Waals surface area contributed by atoms with Gasteiger partial charge < -0.3 is 10.4 Å². The van der Waals surface area contributed by atoms with Gasteiger partial charge in [0.25, 0.3) is 5.91 Å². The van der Waals surface area contributed by atoms with Crippen LogP contribution in [-0.4, -0.2) is 23.7 Å². The number of benzene rings is 1. The van der Waals surface area contributed by atoms with E-state index in [0.29, 0.717) is 11.5 Å². The smallest absolute Gasteiger partial charge is 0.251 e. The molecule has 2 N–H and O–H groups in total. The Labute approximate surface area is 121 Å². The van der Waals surface area contributed by atoms with Crippen molar-refractivity contribution in [3.8, 4) is 11.8 Å². The lowest BCUT2D eigenvalue weighted by Gasteiger charge is -2.20. The summed E-state index contributed by atoms with van der Waals surface area (Å²) >= 11 is 0. The van der Waals surface area contributed by atoms with Crippen LogP contribution in [0.25, 0.3) is 0 Å². The molecule has 0 heterocycles. The maximum Gasteiger partial charge on any atom is 0.251 e. The Morgan fingerprint density at radius 1 is 1.40 bits per heavy atom. The van der Waals surface area contributed by atoms with E-state index in [1.165, 1.54) is 0 Å². The number of rotatable bonds is 4. The number of nitrogens with one attached hydrogen (secondary N) is 1. The molecule has 0 aliphatic heterocycles. The molecule has 2 atom stereocenters. The first kappa shape index (κ1) is 16.3. The van der Waals surface area contributed by atoms with Crippen LogP contribution in [0.15, 0.2) is 18.2 Å². The number of hydrogen-bond acceptors (Lipinski definition) is 2. The van der Waals surface area contributed by atoms with E-state index in [-0.39, 0.29) is 18.6 Å². The Morgan fingerprint density at radius 2 is 2.10 bits per heavy atom. The van der Waals surface area contributed by atoms with Crippen molar-refractivity contribution < 1.29 is 9.90 Å². The normalized spacial score (nSPS) is 13.1. The fourth-order valence-corrected chi connectivity index (χ4v) is 1.93. The van der Waals surface area contributed by atoms with Crippen molar-refractivity contribution in [3.63, 3.8) is 0 Å². The van der Waals surface area contributed by atoms with Gasteiger partial charge >= 0.3 is 0 Å². The summed E-state index contributed by atoms with van der Waals surface area (Å²) in [6, 6.07) is 5.61. The molecule has 0 aromatic heterocycles. The van der Waals surface area contributed by atoms with E-state index >= 15 is 0 Å². The van der Waals surface area contributed by atoms with Crippen LogP contribution in [0.3, 0.4) is 0 Å². The third-order valence-electron chi connectivity index (χ3n) is 3.74. The number of hydrogen-bond donors (Lipinski definition) is 2. The van der Waals surface area contributed by atoms with Crippen LogP contribution in [0.4, 0.5) is 0 Å². The molecule has 1 amide bonds. The molecule has 2 unspecified atom stereocenters. The third kappa shape index (κ3) is 4.11. The summed E-state index contributed by atoms with van der Waals surface area (Å²) in [6.07, 6.45) is 1.03. The summed E-state index contributed by atoms with van der Waals surface area (Å²) in [5.41, 5.74) is 2.27. The van der Waals surface area contributed by atoms with Crippen LogP contribution >= 0.6 is 0 Å². The Kier molecular flexibility index (Phi) is 6.27. The zero-order valence-electron chi connectivity index (χ0n) is 12.7. The lowest BCUT2D eigenvalue weighted by atomic mass is 9.98. The third-order valence-corrected chi connectivity index (χ3v) is 3.74. The molecule has 0 bridgehead atoms. The molecule has 20 heavy (non-hydrogen) atoms. The van der Waals surface area contributed by atoms with Crippen molar-refractivity contribution in [3.05, 3.63) is 34.9 Å². The first-order valence-corrected chi connectivity index (χ1v) is 7.01. The van der Waals surface area contributed by atoms with Gasteiger partial charge in [0, 0.05) is 17.2 Å². The van der Waals surface area contributed by atoms with Crippen LogP contribution in [0.1, 0.15) is 48.7 Å². The molecule has 0 spiro atoms. The lowest BCUT2D eigenvalue weighted by Crippen LogP contribution is -2.37. The lowest BCUT2D eigenvalue weighted by molar-refractivity contribution is 0.0927. The largest absolute Gasteiger partial charge is 0.384 e. The molecule has 0 saturated heterocycles. The van der Waals surface area contributed by atoms with Crippen LogP contribution in [-0.2, 0) is 0 Å². The standard InChI is InChI=1S/C17H23NO2/c1-5-12(2)14(4)18-17(20)16-10-6-8-15(13(16)3)9-7-11-19/h6,8,10,12,14,19H,5,11H2,1-4H3,(H,18,20).